The Morgan fingerprint density at radius 1 is 1.38 bits per heavy atom. The predicted molar refractivity (Wildman–Crippen MR) is 93.2 cm³/mol. The number of aldehydes is 1. The van der Waals surface area contributed by atoms with Crippen LogP contribution in [0.25, 0.3) is 0 Å². The fourth-order valence-corrected chi connectivity index (χ4v) is 5.38. The highest BCUT2D eigenvalue weighted by Gasteiger charge is 2.64. The molecule has 26 heavy (non-hydrogen) atoms. The maximum Gasteiger partial charge on any atom is 0.309 e. The summed E-state index contributed by atoms with van der Waals surface area (Å²) in [6.45, 7) is 6.90. The van der Waals surface area contributed by atoms with Crippen molar-refractivity contribution < 1.29 is 29.0 Å². The van der Waals surface area contributed by atoms with Crippen LogP contribution in [-0.2, 0) is 23.9 Å². The van der Waals surface area contributed by atoms with E-state index in [9.17, 15) is 19.5 Å². The van der Waals surface area contributed by atoms with Crippen LogP contribution in [0.4, 0.5) is 0 Å². The second-order valence-corrected chi connectivity index (χ2v) is 8.55. The lowest BCUT2D eigenvalue weighted by molar-refractivity contribution is -0.169. The van der Waals surface area contributed by atoms with Gasteiger partial charge in [-0.1, -0.05) is 6.92 Å². The smallest absolute Gasteiger partial charge is 0.309 e. The van der Waals surface area contributed by atoms with Crippen LogP contribution < -0.4 is 0 Å². The van der Waals surface area contributed by atoms with Crippen LogP contribution in [0, 0.1) is 23.7 Å². The molecule has 0 aromatic carbocycles. The van der Waals surface area contributed by atoms with Crippen molar-refractivity contribution in [2.24, 2.45) is 23.7 Å². The first-order valence-corrected chi connectivity index (χ1v) is 9.34. The molecule has 3 aliphatic rings. The van der Waals surface area contributed by atoms with E-state index in [4.69, 9.17) is 9.47 Å². The number of carbonyl (C=O) groups is 3. The van der Waals surface area contributed by atoms with Crippen LogP contribution in [0.15, 0.2) is 12.2 Å². The third-order valence-electron chi connectivity index (χ3n) is 6.58. The number of allylic oxidation sites excluding steroid dienone is 1. The Bertz CT molecular complexity index is 638. The zero-order valence-corrected chi connectivity index (χ0v) is 15.8. The Kier molecular flexibility index (Phi) is 4.86. The summed E-state index contributed by atoms with van der Waals surface area (Å²) in [5.74, 6) is -0.996. The van der Waals surface area contributed by atoms with Gasteiger partial charge in [0.1, 0.15) is 18.2 Å². The van der Waals surface area contributed by atoms with Crippen molar-refractivity contribution in [3.8, 4) is 0 Å². The third-order valence-corrected chi connectivity index (χ3v) is 6.58. The first kappa shape index (κ1) is 19.2. The first-order chi connectivity index (χ1) is 12.1. The minimum absolute atomic E-state index is 0.000405. The highest BCUT2D eigenvalue weighted by Crippen LogP contribution is 2.57. The molecule has 1 aliphatic carbocycles. The SMILES string of the molecule is CC(=O)C[C@@H]1O[C@H]2[C@H]3[C@@H](CC[C@](C)(O)[C@H]31)[C@@H](C)C(=O)O[C@@]2(C)/C=C/C=O. The van der Waals surface area contributed by atoms with Crippen molar-refractivity contribution in [3.63, 3.8) is 0 Å². The Morgan fingerprint density at radius 2 is 2.08 bits per heavy atom. The van der Waals surface area contributed by atoms with Crippen molar-refractivity contribution in [2.45, 2.75) is 70.4 Å². The van der Waals surface area contributed by atoms with Crippen molar-refractivity contribution in [2.75, 3.05) is 0 Å². The molecule has 0 spiro atoms. The van der Waals surface area contributed by atoms with Gasteiger partial charge in [0.2, 0.25) is 0 Å². The summed E-state index contributed by atoms with van der Waals surface area (Å²) >= 11 is 0. The van der Waals surface area contributed by atoms with E-state index in [-0.39, 0.29) is 41.8 Å². The zero-order chi connectivity index (χ0) is 19.3. The minimum Gasteiger partial charge on any atom is -0.452 e. The van der Waals surface area contributed by atoms with Gasteiger partial charge in [-0.15, -0.1) is 0 Å². The van der Waals surface area contributed by atoms with E-state index in [1.54, 1.807) is 19.9 Å². The summed E-state index contributed by atoms with van der Waals surface area (Å²) in [6.07, 6.45) is 4.07. The van der Waals surface area contributed by atoms with E-state index in [0.717, 1.165) is 0 Å². The molecule has 0 bridgehead atoms. The summed E-state index contributed by atoms with van der Waals surface area (Å²) in [5, 5.41) is 11.1. The van der Waals surface area contributed by atoms with Gasteiger partial charge in [-0.3, -0.25) is 14.4 Å². The number of cyclic esters (lactones) is 1. The van der Waals surface area contributed by atoms with Crippen LogP contribution >= 0.6 is 0 Å². The van der Waals surface area contributed by atoms with Crippen LogP contribution in [0.5, 0.6) is 0 Å². The molecule has 2 heterocycles. The lowest BCUT2D eigenvalue weighted by Crippen LogP contribution is -2.52. The molecular formula is C20H28O6. The van der Waals surface area contributed by atoms with Gasteiger partial charge in [-0.2, -0.15) is 0 Å². The highest BCUT2D eigenvalue weighted by atomic mass is 16.6. The lowest BCUT2D eigenvalue weighted by Gasteiger charge is -2.46. The van der Waals surface area contributed by atoms with Crippen molar-refractivity contribution in [1.82, 2.24) is 0 Å². The lowest BCUT2D eigenvalue weighted by atomic mass is 9.58. The molecule has 0 unspecified atom stereocenters. The molecule has 3 fully saturated rings. The van der Waals surface area contributed by atoms with Gasteiger partial charge in [0.15, 0.2) is 5.60 Å². The fourth-order valence-electron chi connectivity index (χ4n) is 5.38. The third kappa shape index (κ3) is 3.03. The van der Waals surface area contributed by atoms with E-state index >= 15 is 0 Å². The van der Waals surface area contributed by atoms with Crippen LogP contribution in [-0.4, -0.2) is 46.6 Å². The summed E-state index contributed by atoms with van der Waals surface area (Å²) in [7, 11) is 0. The molecule has 144 valence electrons. The van der Waals surface area contributed by atoms with E-state index in [1.165, 1.54) is 13.0 Å². The van der Waals surface area contributed by atoms with Gasteiger partial charge in [0.05, 0.1) is 17.6 Å². The largest absolute Gasteiger partial charge is 0.452 e. The highest BCUT2D eigenvalue weighted by molar-refractivity contribution is 5.76. The van der Waals surface area contributed by atoms with Gasteiger partial charge < -0.3 is 14.6 Å². The van der Waals surface area contributed by atoms with Gasteiger partial charge in [0.25, 0.3) is 0 Å². The van der Waals surface area contributed by atoms with E-state index < -0.39 is 23.4 Å². The number of esters is 1. The normalized spacial score (nSPS) is 48.0. The van der Waals surface area contributed by atoms with Gasteiger partial charge >= 0.3 is 5.97 Å². The molecule has 2 aliphatic heterocycles. The maximum absolute atomic E-state index is 12.6. The van der Waals surface area contributed by atoms with Crippen molar-refractivity contribution in [3.05, 3.63) is 12.2 Å². The molecule has 0 aromatic heterocycles. The Balaban J connectivity index is 2.10. The predicted octanol–water partition coefficient (Wildman–Crippen LogP) is 1.83. The van der Waals surface area contributed by atoms with Crippen molar-refractivity contribution in [1.29, 1.82) is 0 Å². The van der Waals surface area contributed by atoms with Gasteiger partial charge in [-0.05, 0) is 51.7 Å². The monoisotopic (exact) mass is 364 g/mol. The Morgan fingerprint density at radius 3 is 2.69 bits per heavy atom. The van der Waals surface area contributed by atoms with Crippen LogP contribution in [0.2, 0.25) is 0 Å². The second-order valence-electron chi connectivity index (χ2n) is 8.55. The molecule has 2 saturated heterocycles. The molecule has 8 atom stereocenters. The number of rotatable bonds is 4. The molecule has 6 nitrogen and oxygen atoms in total. The van der Waals surface area contributed by atoms with Crippen LogP contribution in [0.3, 0.4) is 0 Å². The second kappa shape index (κ2) is 6.57. The number of aliphatic hydroxyl groups is 1. The van der Waals surface area contributed by atoms with E-state index in [0.29, 0.717) is 19.1 Å². The number of hydrogen-bond acceptors (Lipinski definition) is 6. The Labute approximate surface area is 153 Å². The minimum atomic E-state index is -1.11. The quantitative estimate of drug-likeness (QED) is 0.465. The molecule has 0 radical (unpaired) electrons. The molecule has 1 saturated carbocycles. The number of Topliss-reactive ketones (excluding diaryl/α,β-unsaturated/α-hetero) is 1. The number of hydrogen-bond donors (Lipinski definition) is 1. The summed E-state index contributed by atoms with van der Waals surface area (Å²) in [5.41, 5.74) is -2.08. The van der Waals surface area contributed by atoms with Gasteiger partial charge in [0, 0.05) is 18.3 Å². The Hall–Kier alpha value is -1.53. The average molecular weight is 364 g/mol. The summed E-state index contributed by atoms with van der Waals surface area (Å²) in [4.78, 5) is 35.3. The van der Waals surface area contributed by atoms with Crippen LogP contribution in [0.1, 0.15) is 47.0 Å². The van der Waals surface area contributed by atoms with E-state index in [1.807, 2.05) is 6.92 Å². The molecular weight excluding hydrogens is 336 g/mol. The zero-order valence-electron chi connectivity index (χ0n) is 15.8. The molecule has 0 amide bonds. The molecule has 3 rings (SSSR count). The van der Waals surface area contributed by atoms with Crippen molar-refractivity contribution >= 4 is 18.0 Å². The maximum atomic E-state index is 12.6. The standard InChI is InChI=1S/C20H28O6/c1-11(22)10-14-16-15-13(6-8-19(16,3)24)12(2)18(23)26-20(4,7-5-9-21)17(15)25-14/h5,7,9,12-17,24H,6,8,10H2,1-4H3/b7-5+/t12-,13+,14+,15+,16+,17+,19+,20+/m1/s1. The van der Waals surface area contributed by atoms with Gasteiger partial charge in [-0.25, -0.2) is 0 Å². The van der Waals surface area contributed by atoms with E-state index in [2.05, 4.69) is 0 Å². The average Bonchev–Trinajstić information content (AvgIpc) is 2.90. The number of ether oxygens (including phenoxy) is 2. The molecule has 6 heteroatoms. The topological polar surface area (TPSA) is 89.9 Å². The fraction of sp³-hybridized carbons (Fsp3) is 0.750. The first-order valence-electron chi connectivity index (χ1n) is 9.34. The summed E-state index contributed by atoms with van der Waals surface area (Å²) in [6, 6.07) is 0. The number of carbonyl (C=O) groups excluding carboxylic acids is 3. The summed E-state index contributed by atoms with van der Waals surface area (Å²) < 4.78 is 12.1. The molecule has 1 N–H and O–H groups in total. The molecule has 0 aromatic rings. The number of ketones is 1.